The van der Waals surface area contributed by atoms with Gasteiger partial charge in [-0.15, -0.1) is 0 Å². The summed E-state index contributed by atoms with van der Waals surface area (Å²) in [4.78, 5) is 2.03. The Labute approximate surface area is 82.9 Å². The van der Waals surface area contributed by atoms with Crippen LogP contribution < -0.4 is 15.1 Å². The summed E-state index contributed by atoms with van der Waals surface area (Å²) >= 11 is 0. The maximum Gasteiger partial charge on any atom is 0.488 e. The number of ether oxygens (including phenoxy) is 1. The Morgan fingerprint density at radius 1 is 1.43 bits per heavy atom. The quantitative estimate of drug-likeness (QED) is 0.573. The van der Waals surface area contributed by atoms with Gasteiger partial charge < -0.3 is 19.7 Å². The number of fused-ring (bicyclic) bond motifs is 1. The molecule has 0 saturated carbocycles. The molecule has 2 N–H and O–H groups in total. The van der Waals surface area contributed by atoms with Gasteiger partial charge in [-0.05, 0) is 17.6 Å². The number of nitrogens with zero attached hydrogens (tertiary/aromatic N) is 1. The van der Waals surface area contributed by atoms with Crippen LogP contribution in [-0.4, -0.2) is 37.4 Å². The SMILES string of the molecule is CN1CCOc2ccc(B(O)O)cc21. The van der Waals surface area contributed by atoms with Crippen molar-refractivity contribution in [3.63, 3.8) is 0 Å². The van der Waals surface area contributed by atoms with E-state index < -0.39 is 7.12 Å². The minimum atomic E-state index is -1.42. The first-order valence-corrected chi connectivity index (χ1v) is 4.52. The number of rotatable bonds is 1. The molecule has 0 radical (unpaired) electrons. The van der Waals surface area contributed by atoms with Gasteiger partial charge in [0.25, 0.3) is 0 Å². The Hall–Kier alpha value is -1.20. The highest BCUT2D eigenvalue weighted by molar-refractivity contribution is 6.58. The summed E-state index contributed by atoms with van der Waals surface area (Å²) < 4.78 is 5.42. The van der Waals surface area contributed by atoms with Gasteiger partial charge in [-0.3, -0.25) is 0 Å². The third kappa shape index (κ3) is 1.56. The molecule has 5 heteroatoms. The van der Waals surface area contributed by atoms with E-state index in [1.165, 1.54) is 0 Å². The molecule has 0 amide bonds. The van der Waals surface area contributed by atoms with Crippen LogP contribution in [0.25, 0.3) is 0 Å². The fourth-order valence-electron chi connectivity index (χ4n) is 1.53. The topological polar surface area (TPSA) is 52.9 Å². The summed E-state index contributed by atoms with van der Waals surface area (Å²) in [5, 5.41) is 18.0. The third-order valence-corrected chi connectivity index (χ3v) is 2.38. The molecule has 1 aromatic carbocycles. The Kier molecular flexibility index (Phi) is 2.35. The van der Waals surface area contributed by atoms with Crippen LogP contribution in [0.4, 0.5) is 5.69 Å². The standard InChI is InChI=1S/C9H12BNO3/c1-11-4-5-14-9-3-2-7(10(12)13)6-8(9)11/h2-3,6,12-13H,4-5H2,1H3. The summed E-state index contributed by atoms with van der Waals surface area (Å²) in [6.45, 7) is 1.49. The molecule has 0 aromatic heterocycles. The van der Waals surface area contributed by atoms with E-state index in [2.05, 4.69) is 0 Å². The van der Waals surface area contributed by atoms with E-state index in [1.807, 2.05) is 11.9 Å². The van der Waals surface area contributed by atoms with E-state index in [1.54, 1.807) is 18.2 Å². The summed E-state index contributed by atoms with van der Waals surface area (Å²) in [6, 6.07) is 5.15. The van der Waals surface area contributed by atoms with E-state index in [0.29, 0.717) is 12.1 Å². The first kappa shape index (κ1) is 9.36. The van der Waals surface area contributed by atoms with Crippen molar-refractivity contribution in [3.05, 3.63) is 18.2 Å². The lowest BCUT2D eigenvalue weighted by Gasteiger charge is -2.28. The molecule has 1 aromatic rings. The predicted molar refractivity (Wildman–Crippen MR) is 55.0 cm³/mol. The number of likely N-dealkylation sites (N-methyl/N-ethyl adjacent to an activating group) is 1. The van der Waals surface area contributed by atoms with Crippen molar-refractivity contribution in [3.8, 4) is 5.75 Å². The molecule has 14 heavy (non-hydrogen) atoms. The van der Waals surface area contributed by atoms with Crippen LogP contribution in [0.15, 0.2) is 18.2 Å². The molecule has 2 rings (SSSR count). The predicted octanol–water partition coefficient (Wildman–Crippen LogP) is -0.805. The second-order valence-electron chi connectivity index (χ2n) is 3.37. The first-order valence-electron chi connectivity index (χ1n) is 4.52. The lowest BCUT2D eigenvalue weighted by Crippen LogP contribution is -2.34. The molecule has 1 heterocycles. The van der Waals surface area contributed by atoms with Crippen LogP contribution >= 0.6 is 0 Å². The van der Waals surface area contributed by atoms with Gasteiger partial charge in [0.2, 0.25) is 0 Å². The van der Waals surface area contributed by atoms with Crippen molar-refractivity contribution in [2.75, 3.05) is 25.1 Å². The van der Waals surface area contributed by atoms with Gasteiger partial charge in [0.05, 0.1) is 12.2 Å². The van der Waals surface area contributed by atoms with Crippen LogP contribution in [0.2, 0.25) is 0 Å². The van der Waals surface area contributed by atoms with E-state index in [0.717, 1.165) is 18.0 Å². The molecule has 0 saturated heterocycles. The molecule has 1 aliphatic heterocycles. The highest BCUT2D eigenvalue weighted by Crippen LogP contribution is 2.28. The Balaban J connectivity index is 2.41. The highest BCUT2D eigenvalue weighted by Gasteiger charge is 2.18. The molecule has 0 spiro atoms. The molecule has 1 aliphatic rings. The Morgan fingerprint density at radius 2 is 2.21 bits per heavy atom. The molecular formula is C9H12BNO3. The summed E-state index contributed by atoms with van der Waals surface area (Å²) in [5.74, 6) is 0.795. The summed E-state index contributed by atoms with van der Waals surface area (Å²) in [5.41, 5.74) is 1.39. The van der Waals surface area contributed by atoms with Gasteiger partial charge in [0, 0.05) is 7.05 Å². The van der Waals surface area contributed by atoms with Crippen molar-refractivity contribution in [2.24, 2.45) is 0 Å². The van der Waals surface area contributed by atoms with Gasteiger partial charge in [0.1, 0.15) is 12.4 Å². The van der Waals surface area contributed by atoms with Crippen molar-refractivity contribution in [1.82, 2.24) is 0 Å². The van der Waals surface area contributed by atoms with Crippen LogP contribution in [0.3, 0.4) is 0 Å². The zero-order valence-electron chi connectivity index (χ0n) is 7.97. The summed E-state index contributed by atoms with van der Waals surface area (Å²) in [6.07, 6.45) is 0. The maximum absolute atomic E-state index is 9.01. The smallest absolute Gasteiger partial charge is 0.488 e. The van der Waals surface area contributed by atoms with Gasteiger partial charge in [-0.2, -0.15) is 0 Å². The zero-order valence-corrected chi connectivity index (χ0v) is 7.97. The highest BCUT2D eigenvalue weighted by atomic mass is 16.5. The monoisotopic (exact) mass is 193 g/mol. The minimum Gasteiger partial charge on any atom is -0.490 e. The zero-order chi connectivity index (χ0) is 10.1. The lowest BCUT2D eigenvalue weighted by atomic mass is 9.80. The second-order valence-corrected chi connectivity index (χ2v) is 3.37. The van der Waals surface area contributed by atoms with Crippen LogP contribution in [0, 0.1) is 0 Å². The van der Waals surface area contributed by atoms with Crippen LogP contribution in [-0.2, 0) is 0 Å². The van der Waals surface area contributed by atoms with Crippen molar-refractivity contribution in [1.29, 1.82) is 0 Å². The largest absolute Gasteiger partial charge is 0.490 e. The average Bonchev–Trinajstić information content (AvgIpc) is 2.18. The summed E-state index contributed by atoms with van der Waals surface area (Å²) in [7, 11) is 0.533. The van der Waals surface area contributed by atoms with Gasteiger partial charge in [-0.25, -0.2) is 0 Å². The van der Waals surface area contributed by atoms with Crippen molar-refractivity contribution >= 4 is 18.3 Å². The fraction of sp³-hybridized carbons (Fsp3) is 0.333. The molecule has 4 nitrogen and oxygen atoms in total. The minimum absolute atomic E-state index is 0.487. The van der Waals surface area contributed by atoms with E-state index in [-0.39, 0.29) is 0 Å². The van der Waals surface area contributed by atoms with E-state index in [9.17, 15) is 0 Å². The Morgan fingerprint density at radius 3 is 2.93 bits per heavy atom. The van der Waals surface area contributed by atoms with E-state index >= 15 is 0 Å². The number of hydrogen-bond acceptors (Lipinski definition) is 4. The maximum atomic E-state index is 9.01. The fourth-order valence-corrected chi connectivity index (χ4v) is 1.53. The van der Waals surface area contributed by atoms with Gasteiger partial charge in [-0.1, -0.05) is 6.07 Å². The molecular weight excluding hydrogens is 181 g/mol. The lowest BCUT2D eigenvalue weighted by molar-refractivity contribution is 0.311. The second kappa shape index (κ2) is 3.51. The molecule has 0 bridgehead atoms. The number of anilines is 1. The number of hydrogen-bond donors (Lipinski definition) is 2. The molecule has 0 atom stereocenters. The van der Waals surface area contributed by atoms with Gasteiger partial charge in [0.15, 0.2) is 0 Å². The molecule has 0 fully saturated rings. The molecule has 0 unspecified atom stereocenters. The number of benzene rings is 1. The van der Waals surface area contributed by atoms with Crippen molar-refractivity contribution in [2.45, 2.75) is 0 Å². The normalized spacial score (nSPS) is 14.6. The first-order chi connectivity index (χ1) is 6.68. The average molecular weight is 193 g/mol. The van der Waals surface area contributed by atoms with Crippen LogP contribution in [0.1, 0.15) is 0 Å². The third-order valence-electron chi connectivity index (χ3n) is 2.38. The van der Waals surface area contributed by atoms with Crippen molar-refractivity contribution < 1.29 is 14.8 Å². The Bertz CT molecular complexity index is 343. The molecule has 74 valence electrons. The van der Waals surface area contributed by atoms with E-state index in [4.69, 9.17) is 14.8 Å². The molecule has 0 aliphatic carbocycles. The van der Waals surface area contributed by atoms with Crippen LogP contribution in [0.5, 0.6) is 5.75 Å². The van der Waals surface area contributed by atoms with Gasteiger partial charge >= 0.3 is 7.12 Å².